The summed E-state index contributed by atoms with van der Waals surface area (Å²) >= 11 is 1.91. The molecule has 1 aromatic carbocycles. The maximum absolute atomic E-state index is 3.75. The zero-order chi connectivity index (χ0) is 10.9. The van der Waals surface area contributed by atoms with Crippen LogP contribution < -0.4 is 5.32 Å². The molecule has 15 heavy (non-hydrogen) atoms. The molecule has 0 amide bonds. The Morgan fingerprint density at radius 1 is 1.40 bits per heavy atom. The molecule has 82 valence electrons. The highest BCUT2D eigenvalue weighted by Crippen LogP contribution is 2.19. The highest BCUT2D eigenvalue weighted by molar-refractivity contribution is 7.99. The average molecular weight is 221 g/mol. The number of nitrogens with one attached hydrogen (secondary N) is 1. The molecular formula is C13H19NS. The molecule has 0 heterocycles. The lowest BCUT2D eigenvalue weighted by Crippen LogP contribution is -2.27. The van der Waals surface area contributed by atoms with Crippen molar-refractivity contribution in [1.82, 2.24) is 5.32 Å². The molecule has 0 aliphatic carbocycles. The second kappa shape index (κ2) is 7.55. The first-order valence-corrected chi connectivity index (χ1v) is 6.31. The number of hydrogen-bond acceptors (Lipinski definition) is 2. The fourth-order valence-corrected chi connectivity index (χ4v) is 2.42. The van der Waals surface area contributed by atoms with Gasteiger partial charge in [0.2, 0.25) is 0 Å². The van der Waals surface area contributed by atoms with E-state index in [9.17, 15) is 0 Å². The van der Waals surface area contributed by atoms with Crippen molar-refractivity contribution in [3.63, 3.8) is 0 Å². The van der Waals surface area contributed by atoms with Crippen molar-refractivity contribution in [3.05, 3.63) is 43.0 Å². The lowest BCUT2D eigenvalue weighted by molar-refractivity contribution is 0.579. The van der Waals surface area contributed by atoms with Crippen molar-refractivity contribution in [1.29, 1.82) is 0 Å². The highest BCUT2D eigenvalue weighted by Gasteiger charge is 2.04. The van der Waals surface area contributed by atoms with E-state index in [0.717, 1.165) is 12.2 Å². The summed E-state index contributed by atoms with van der Waals surface area (Å²) in [5.41, 5.74) is 0. The van der Waals surface area contributed by atoms with Gasteiger partial charge in [0.25, 0.3) is 0 Å². The van der Waals surface area contributed by atoms with Gasteiger partial charge in [-0.3, -0.25) is 0 Å². The van der Waals surface area contributed by atoms with Gasteiger partial charge in [-0.2, -0.15) is 0 Å². The number of benzene rings is 1. The van der Waals surface area contributed by atoms with Gasteiger partial charge >= 0.3 is 0 Å². The van der Waals surface area contributed by atoms with Crippen molar-refractivity contribution in [2.45, 2.75) is 23.8 Å². The van der Waals surface area contributed by atoms with Crippen molar-refractivity contribution in [2.75, 3.05) is 12.8 Å². The molecular weight excluding hydrogens is 202 g/mol. The smallest absolute Gasteiger partial charge is 0.0161 e. The maximum atomic E-state index is 3.75. The molecule has 0 fully saturated rings. The summed E-state index contributed by atoms with van der Waals surface area (Å²) in [4.78, 5) is 1.34. The summed E-state index contributed by atoms with van der Waals surface area (Å²) in [6, 6.07) is 11.1. The van der Waals surface area contributed by atoms with Crippen LogP contribution in [0.3, 0.4) is 0 Å². The van der Waals surface area contributed by atoms with E-state index in [-0.39, 0.29) is 0 Å². The van der Waals surface area contributed by atoms with Crippen molar-refractivity contribution >= 4 is 11.8 Å². The third-order valence-corrected chi connectivity index (χ3v) is 3.50. The summed E-state index contributed by atoms with van der Waals surface area (Å²) in [7, 11) is 2.03. The molecule has 0 aliphatic rings. The largest absolute Gasteiger partial charge is 0.316 e. The summed E-state index contributed by atoms with van der Waals surface area (Å²) in [5, 5.41) is 3.34. The number of allylic oxidation sites excluding steroid dienone is 1. The Kier molecular flexibility index (Phi) is 6.21. The average Bonchev–Trinajstić information content (AvgIpc) is 2.31. The Labute approximate surface area is 97.0 Å². The second-order valence-electron chi connectivity index (χ2n) is 3.48. The van der Waals surface area contributed by atoms with Crippen LogP contribution in [-0.4, -0.2) is 18.8 Å². The van der Waals surface area contributed by atoms with E-state index in [0.29, 0.717) is 6.04 Å². The van der Waals surface area contributed by atoms with Gasteiger partial charge in [0.05, 0.1) is 0 Å². The SMILES string of the molecule is C=CCCC(CSc1ccccc1)NC. The summed E-state index contributed by atoms with van der Waals surface area (Å²) in [5.74, 6) is 1.12. The predicted octanol–water partition coefficient (Wildman–Crippen LogP) is 3.33. The first-order valence-electron chi connectivity index (χ1n) is 5.33. The third-order valence-electron chi connectivity index (χ3n) is 2.32. The minimum Gasteiger partial charge on any atom is -0.316 e. The van der Waals surface area contributed by atoms with Crippen molar-refractivity contribution < 1.29 is 0 Å². The molecule has 1 aromatic rings. The Hall–Kier alpha value is -0.730. The zero-order valence-electron chi connectivity index (χ0n) is 9.28. The van der Waals surface area contributed by atoms with E-state index in [1.807, 2.05) is 24.9 Å². The van der Waals surface area contributed by atoms with Gasteiger partial charge < -0.3 is 5.32 Å². The molecule has 1 atom stereocenters. The van der Waals surface area contributed by atoms with Gasteiger partial charge in [0.15, 0.2) is 0 Å². The van der Waals surface area contributed by atoms with E-state index in [2.05, 4.69) is 42.2 Å². The second-order valence-corrected chi connectivity index (χ2v) is 4.57. The van der Waals surface area contributed by atoms with Gasteiger partial charge in [-0.05, 0) is 32.0 Å². The van der Waals surface area contributed by atoms with Gasteiger partial charge in [0, 0.05) is 16.7 Å². The maximum Gasteiger partial charge on any atom is 0.0161 e. The summed E-state index contributed by atoms with van der Waals surface area (Å²) < 4.78 is 0. The van der Waals surface area contributed by atoms with Gasteiger partial charge in [0.1, 0.15) is 0 Å². The van der Waals surface area contributed by atoms with E-state index in [1.54, 1.807) is 0 Å². The van der Waals surface area contributed by atoms with Crippen LogP contribution in [0, 0.1) is 0 Å². The Morgan fingerprint density at radius 3 is 2.73 bits per heavy atom. The Morgan fingerprint density at radius 2 is 2.13 bits per heavy atom. The van der Waals surface area contributed by atoms with Crippen LogP contribution in [0.25, 0.3) is 0 Å². The molecule has 0 spiro atoms. The number of rotatable bonds is 7. The van der Waals surface area contributed by atoms with Crippen LogP contribution in [-0.2, 0) is 0 Å². The van der Waals surface area contributed by atoms with Crippen LogP contribution in [0.5, 0.6) is 0 Å². The summed E-state index contributed by atoms with van der Waals surface area (Å²) in [6.07, 6.45) is 4.23. The van der Waals surface area contributed by atoms with E-state index in [4.69, 9.17) is 0 Å². The topological polar surface area (TPSA) is 12.0 Å². The van der Waals surface area contributed by atoms with Crippen molar-refractivity contribution in [3.8, 4) is 0 Å². The molecule has 0 radical (unpaired) electrons. The standard InChI is InChI=1S/C13H19NS/c1-3-4-8-12(14-2)11-15-13-9-6-5-7-10-13/h3,5-7,9-10,12,14H,1,4,8,11H2,2H3. The fraction of sp³-hybridized carbons (Fsp3) is 0.385. The van der Waals surface area contributed by atoms with E-state index < -0.39 is 0 Å². The van der Waals surface area contributed by atoms with Crippen LogP contribution >= 0.6 is 11.8 Å². The number of hydrogen-bond donors (Lipinski definition) is 1. The van der Waals surface area contributed by atoms with Crippen LogP contribution in [0.15, 0.2) is 47.9 Å². The molecule has 1 N–H and O–H groups in total. The molecule has 0 saturated heterocycles. The van der Waals surface area contributed by atoms with E-state index >= 15 is 0 Å². The van der Waals surface area contributed by atoms with Crippen LogP contribution in [0.1, 0.15) is 12.8 Å². The monoisotopic (exact) mass is 221 g/mol. The lowest BCUT2D eigenvalue weighted by Gasteiger charge is -2.14. The molecule has 0 aromatic heterocycles. The van der Waals surface area contributed by atoms with Gasteiger partial charge in [-0.25, -0.2) is 0 Å². The first-order chi connectivity index (χ1) is 7.36. The van der Waals surface area contributed by atoms with Crippen molar-refractivity contribution in [2.24, 2.45) is 0 Å². The predicted molar refractivity (Wildman–Crippen MR) is 69.4 cm³/mol. The highest BCUT2D eigenvalue weighted by atomic mass is 32.2. The molecule has 1 nitrogen and oxygen atoms in total. The fourth-order valence-electron chi connectivity index (χ4n) is 1.34. The third kappa shape index (κ3) is 5.05. The minimum atomic E-state index is 0.577. The molecule has 0 bridgehead atoms. The van der Waals surface area contributed by atoms with Crippen LogP contribution in [0.4, 0.5) is 0 Å². The quantitative estimate of drug-likeness (QED) is 0.560. The van der Waals surface area contributed by atoms with Gasteiger partial charge in [-0.1, -0.05) is 24.3 Å². The zero-order valence-corrected chi connectivity index (χ0v) is 10.1. The molecule has 2 heteroatoms. The minimum absolute atomic E-state index is 0.577. The Bertz CT molecular complexity index is 271. The van der Waals surface area contributed by atoms with Crippen LogP contribution in [0.2, 0.25) is 0 Å². The summed E-state index contributed by atoms with van der Waals surface area (Å²) in [6.45, 7) is 3.75. The first kappa shape index (κ1) is 12.3. The Balaban J connectivity index is 2.31. The molecule has 1 rings (SSSR count). The molecule has 0 aliphatic heterocycles. The normalized spacial score (nSPS) is 12.3. The van der Waals surface area contributed by atoms with E-state index in [1.165, 1.54) is 11.3 Å². The molecule has 1 unspecified atom stereocenters. The molecule has 0 saturated carbocycles. The number of thioether (sulfide) groups is 1. The lowest BCUT2D eigenvalue weighted by atomic mass is 10.2. The van der Waals surface area contributed by atoms with Gasteiger partial charge in [-0.15, -0.1) is 18.3 Å².